The van der Waals surface area contributed by atoms with E-state index in [2.05, 4.69) is 40.4 Å². The van der Waals surface area contributed by atoms with Crippen LogP contribution in [0.1, 0.15) is 25.7 Å². The Bertz CT molecular complexity index is 1870. The van der Waals surface area contributed by atoms with Crippen LogP contribution in [0.4, 0.5) is 14.5 Å². The van der Waals surface area contributed by atoms with Crippen molar-refractivity contribution >= 4 is 45.0 Å². The fourth-order valence-corrected chi connectivity index (χ4v) is 5.81. The predicted octanol–water partition coefficient (Wildman–Crippen LogP) is 6.09. The molecule has 0 aliphatic heterocycles. The summed E-state index contributed by atoms with van der Waals surface area (Å²) < 4.78 is 29.7. The van der Waals surface area contributed by atoms with Crippen molar-refractivity contribution in [3.63, 3.8) is 0 Å². The van der Waals surface area contributed by atoms with E-state index < -0.39 is 5.82 Å². The van der Waals surface area contributed by atoms with Crippen LogP contribution < -0.4 is 5.32 Å². The second kappa shape index (κ2) is 9.31. The van der Waals surface area contributed by atoms with Crippen LogP contribution in [-0.2, 0) is 4.79 Å². The van der Waals surface area contributed by atoms with E-state index in [1.165, 1.54) is 18.5 Å². The fourth-order valence-electron chi connectivity index (χ4n) is 5.08. The smallest absolute Gasteiger partial charge is 0.227 e. The van der Waals surface area contributed by atoms with Gasteiger partial charge >= 0.3 is 0 Å². The summed E-state index contributed by atoms with van der Waals surface area (Å²) in [7, 11) is 0. The van der Waals surface area contributed by atoms with Gasteiger partial charge in [0.1, 0.15) is 22.7 Å². The van der Waals surface area contributed by atoms with Gasteiger partial charge in [0.25, 0.3) is 0 Å². The number of amides is 1. The molecule has 1 saturated carbocycles. The molecule has 9 nitrogen and oxygen atoms in total. The van der Waals surface area contributed by atoms with Gasteiger partial charge in [0, 0.05) is 35.6 Å². The van der Waals surface area contributed by atoms with Gasteiger partial charge in [0.05, 0.1) is 27.7 Å². The average Bonchev–Trinajstić information content (AvgIpc) is 3.75. The summed E-state index contributed by atoms with van der Waals surface area (Å²) in [6.07, 6.45) is 9.93. The molecular formula is C27H20F2N8OS. The van der Waals surface area contributed by atoms with Crippen LogP contribution in [0.3, 0.4) is 0 Å². The average molecular weight is 543 g/mol. The van der Waals surface area contributed by atoms with Crippen LogP contribution in [0.5, 0.6) is 0 Å². The molecule has 1 aliphatic carbocycles. The van der Waals surface area contributed by atoms with Crippen molar-refractivity contribution in [1.29, 1.82) is 0 Å². The van der Waals surface area contributed by atoms with Gasteiger partial charge in [-0.2, -0.15) is 9.49 Å². The highest BCUT2D eigenvalue weighted by atomic mass is 32.1. The summed E-state index contributed by atoms with van der Waals surface area (Å²) in [5, 5.41) is 9.81. The zero-order chi connectivity index (χ0) is 26.5. The normalized spacial score (nSPS) is 14.0. The first-order chi connectivity index (χ1) is 19.0. The minimum Gasteiger partial charge on any atom is -0.336 e. The molecule has 0 atom stereocenters. The number of pyridine rings is 3. The first-order valence-electron chi connectivity index (χ1n) is 12.4. The summed E-state index contributed by atoms with van der Waals surface area (Å²) in [5.41, 5.74) is 3.36. The molecule has 7 rings (SSSR count). The zero-order valence-corrected chi connectivity index (χ0v) is 21.1. The van der Waals surface area contributed by atoms with E-state index in [1.54, 1.807) is 30.6 Å². The van der Waals surface area contributed by atoms with Crippen LogP contribution in [0.15, 0.2) is 49.1 Å². The first-order valence-corrected chi connectivity index (χ1v) is 13.3. The monoisotopic (exact) mass is 542 g/mol. The number of aromatic amines is 2. The Morgan fingerprint density at radius 1 is 1.05 bits per heavy atom. The maximum atomic E-state index is 16.1. The molecule has 39 heavy (non-hydrogen) atoms. The van der Waals surface area contributed by atoms with E-state index in [4.69, 9.17) is 0 Å². The molecule has 194 valence electrons. The van der Waals surface area contributed by atoms with Crippen molar-refractivity contribution in [1.82, 2.24) is 35.1 Å². The molecule has 0 aromatic carbocycles. The number of anilines is 1. The number of nitrogens with one attached hydrogen (secondary N) is 3. The van der Waals surface area contributed by atoms with E-state index >= 15 is 4.39 Å². The van der Waals surface area contributed by atoms with E-state index in [0.717, 1.165) is 37.0 Å². The van der Waals surface area contributed by atoms with Crippen molar-refractivity contribution in [2.75, 3.05) is 5.32 Å². The SMILES string of the molecule is O=C(Nc1cncc(-c2cnc3[nH]nc(-c4nc5c(-c6ccc(F)s6)nccc5[nH]4)c3c2F)c1)C1CCCC1. The summed E-state index contributed by atoms with van der Waals surface area (Å²) in [6, 6.07) is 6.45. The molecular weight excluding hydrogens is 522 g/mol. The van der Waals surface area contributed by atoms with Crippen LogP contribution >= 0.6 is 11.3 Å². The van der Waals surface area contributed by atoms with Crippen LogP contribution in [-0.4, -0.2) is 41.0 Å². The Morgan fingerprint density at radius 3 is 2.74 bits per heavy atom. The van der Waals surface area contributed by atoms with Gasteiger partial charge in [-0.15, -0.1) is 11.3 Å². The third kappa shape index (κ3) is 4.13. The molecule has 6 heterocycles. The van der Waals surface area contributed by atoms with Crippen molar-refractivity contribution in [2.24, 2.45) is 5.92 Å². The number of aromatic nitrogens is 7. The molecule has 6 aromatic rings. The number of nitrogens with zero attached hydrogens (tertiary/aromatic N) is 5. The van der Waals surface area contributed by atoms with Crippen molar-refractivity contribution in [3.05, 3.63) is 60.0 Å². The number of thiophene rings is 1. The standard InChI is InChI=1S/C27H20F2N8OS/c28-19-6-5-18(39-19)23-22-17(7-8-31-23)34-26(35-22)24-20-21(29)16(12-32-25(20)37-36-24)14-9-15(11-30-10-14)33-27(38)13-3-1-2-4-13/h5-13H,1-4H2,(H,33,38)(H,34,35)(H,32,36,37). The van der Waals surface area contributed by atoms with Crippen LogP contribution in [0.2, 0.25) is 0 Å². The minimum absolute atomic E-state index is 0.00439. The van der Waals surface area contributed by atoms with Gasteiger partial charge in [-0.25, -0.2) is 14.4 Å². The second-order valence-electron chi connectivity index (χ2n) is 9.46. The first kappa shape index (κ1) is 23.5. The Morgan fingerprint density at radius 2 is 1.92 bits per heavy atom. The van der Waals surface area contributed by atoms with Gasteiger partial charge in [-0.3, -0.25) is 19.9 Å². The molecule has 1 fully saturated rings. The number of carbonyl (C=O) groups is 1. The number of H-pyrrole nitrogens is 2. The number of halogens is 2. The quantitative estimate of drug-likeness (QED) is 0.242. The fraction of sp³-hybridized carbons (Fsp3) is 0.185. The Balaban J connectivity index is 1.28. The lowest BCUT2D eigenvalue weighted by atomic mass is 10.1. The Kier molecular flexibility index (Phi) is 5.62. The zero-order valence-electron chi connectivity index (χ0n) is 20.3. The van der Waals surface area contributed by atoms with Gasteiger partial charge in [-0.05, 0) is 37.1 Å². The topological polar surface area (TPSA) is 125 Å². The van der Waals surface area contributed by atoms with Gasteiger partial charge in [-0.1, -0.05) is 12.8 Å². The van der Waals surface area contributed by atoms with Gasteiger partial charge in [0.2, 0.25) is 5.91 Å². The molecule has 0 radical (unpaired) electrons. The summed E-state index contributed by atoms with van der Waals surface area (Å²) in [5.74, 6) is -0.281. The molecule has 3 N–H and O–H groups in total. The molecule has 12 heteroatoms. The van der Waals surface area contributed by atoms with Gasteiger partial charge in [0.15, 0.2) is 16.6 Å². The number of imidazole rings is 1. The lowest BCUT2D eigenvalue weighted by Gasteiger charge is -2.11. The third-order valence-electron chi connectivity index (χ3n) is 7.00. The molecule has 0 spiro atoms. The van der Waals surface area contributed by atoms with E-state index in [1.807, 2.05) is 0 Å². The number of hydrogen-bond donors (Lipinski definition) is 3. The number of fused-ring (bicyclic) bond motifs is 2. The summed E-state index contributed by atoms with van der Waals surface area (Å²) >= 11 is 0.972. The van der Waals surface area contributed by atoms with E-state index in [0.29, 0.717) is 38.7 Å². The number of hydrogen-bond acceptors (Lipinski definition) is 7. The highest BCUT2D eigenvalue weighted by molar-refractivity contribution is 7.13. The van der Waals surface area contributed by atoms with Crippen molar-refractivity contribution < 1.29 is 13.6 Å². The lowest BCUT2D eigenvalue weighted by Crippen LogP contribution is -2.20. The maximum absolute atomic E-state index is 16.1. The lowest BCUT2D eigenvalue weighted by molar-refractivity contribution is -0.119. The largest absolute Gasteiger partial charge is 0.336 e. The summed E-state index contributed by atoms with van der Waals surface area (Å²) in [4.78, 5) is 34.0. The third-order valence-corrected chi connectivity index (χ3v) is 7.88. The molecule has 6 aromatic heterocycles. The Hall–Kier alpha value is -4.58. The van der Waals surface area contributed by atoms with Gasteiger partial charge < -0.3 is 10.3 Å². The second-order valence-corrected chi connectivity index (χ2v) is 10.5. The summed E-state index contributed by atoms with van der Waals surface area (Å²) in [6.45, 7) is 0. The molecule has 1 amide bonds. The predicted molar refractivity (Wildman–Crippen MR) is 144 cm³/mol. The highest BCUT2D eigenvalue weighted by Gasteiger charge is 2.24. The minimum atomic E-state index is -0.552. The Labute approximate surface area is 223 Å². The highest BCUT2D eigenvalue weighted by Crippen LogP contribution is 2.35. The number of carbonyl (C=O) groups excluding carboxylic acids is 1. The maximum Gasteiger partial charge on any atom is 0.227 e. The molecule has 0 unspecified atom stereocenters. The van der Waals surface area contributed by atoms with E-state index in [-0.39, 0.29) is 39.2 Å². The molecule has 0 bridgehead atoms. The van der Waals surface area contributed by atoms with Crippen molar-refractivity contribution in [2.45, 2.75) is 25.7 Å². The van der Waals surface area contributed by atoms with Crippen LogP contribution in [0, 0.1) is 16.9 Å². The van der Waals surface area contributed by atoms with Crippen molar-refractivity contribution in [3.8, 4) is 33.2 Å². The molecule has 0 saturated heterocycles. The molecule has 1 aliphatic rings. The van der Waals surface area contributed by atoms with Crippen LogP contribution in [0.25, 0.3) is 55.3 Å². The number of rotatable bonds is 5. The van der Waals surface area contributed by atoms with E-state index in [9.17, 15) is 9.18 Å².